The molecule has 0 saturated heterocycles. The first-order valence-corrected chi connectivity index (χ1v) is 5.83. The maximum atomic E-state index is 11.6. The molecule has 0 bridgehead atoms. The van der Waals surface area contributed by atoms with Crippen molar-refractivity contribution in [1.82, 2.24) is 10.6 Å². The highest BCUT2D eigenvalue weighted by molar-refractivity contribution is 5.78. The maximum Gasteiger partial charge on any atom is 0.234 e. The number of carbonyl (C=O) groups excluding carboxylic acids is 1. The van der Waals surface area contributed by atoms with Crippen molar-refractivity contribution in [3.8, 4) is 0 Å². The summed E-state index contributed by atoms with van der Waals surface area (Å²) in [5.41, 5.74) is 1.16. The second-order valence-electron chi connectivity index (χ2n) is 3.72. The molecule has 0 radical (unpaired) electrons. The second kappa shape index (κ2) is 7.01. The zero-order chi connectivity index (χ0) is 11.8. The van der Waals surface area contributed by atoms with E-state index >= 15 is 0 Å². The molecule has 3 nitrogen and oxygen atoms in total. The van der Waals surface area contributed by atoms with Crippen LogP contribution in [0.3, 0.4) is 0 Å². The van der Waals surface area contributed by atoms with E-state index in [2.05, 4.69) is 17.6 Å². The fourth-order valence-electron chi connectivity index (χ4n) is 1.59. The van der Waals surface area contributed by atoms with Crippen molar-refractivity contribution in [2.24, 2.45) is 0 Å². The van der Waals surface area contributed by atoms with Gasteiger partial charge in [-0.2, -0.15) is 0 Å². The quantitative estimate of drug-likeness (QED) is 0.768. The Balaban J connectivity index is 2.52. The third-order valence-corrected chi connectivity index (χ3v) is 2.48. The van der Waals surface area contributed by atoms with E-state index in [0.29, 0.717) is 6.54 Å². The van der Waals surface area contributed by atoms with Crippen molar-refractivity contribution in [2.45, 2.75) is 26.3 Å². The molecule has 0 saturated carbocycles. The Morgan fingerprint density at radius 1 is 1.25 bits per heavy atom. The first-order chi connectivity index (χ1) is 7.77. The molecule has 2 N–H and O–H groups in total. The topological polar surface area (TPSA) is 41.1 Å². The zero-order valence-corrected chi connectivity index (χ0v) is 9.99. The van der Waals surface area contributed by atoms with Gasteiger partial charge in [0.15, 0.2) is 0 Å². The summed E-state index contributed by atoms with van der Waals surface area (Å²) in [7, 11) is 0. The molecular weight excluding hydrogens is 200 g/mol. The minimum Gasteiger partial charge on any atom is -0.348 e. The number of carbonyl (C=O) groups is 1. The van der Waals surface area contributed by atoms with Crippen LogP contribution in [-0.4, -0.2) is 19.0 Å². The summed E-state index contributed by atoms with van der Waals surface area (Å²) in [6, 6.07) is 10.2. The summed E-state index contributed by atoms with van der Waals surface area (Å²) < 4.78 is 0. The molecule has 1 unspecified atom stereocenters. The monoisotopic (exact) mass is 220 g/mol. The Morgan fingerprint density at radius 3 is 2.50 bits per heavy atom. The molecule has 88 valence electrons. The average Bonchev–Trinajstić information content (AvgIpc) is 2.34. The van der Waals surface area contributed by atoms with E-state index in [9.17, 15) is 4.79 Å². The van der Waals surface area contributed by atoms with E-state index in [4.69, 9.17) is 0 Å². The van der Waals surface area contributed by atoms with E-state index in [1.807, 2.05) is 37.3 Å². The number of likely N-dealkylation sites (N-methyl/N-ethyl adjacent to an activating group) is 1. The summed E-state index contributed by atoms with van der Waals surface area (Å²) in [6.45, 7) is 5.27. The van der Waals surface area contributed by atoms with Gasteiger partial charge in [-0.15, -0.1) is 0 Å². The summed E-state index contributed by atoms with van der Waals surface area (Å²) in [5.74, 6) is 0.0533. The van der Waals surface area contributed by atoms with E-state index in [1.165, 1.54) is 0 Å². The Morgan fingerprint density at radius 2 is 1.94 bits per heavy atom. The molecule has 0 aliphatic carbocycles. The lowest BCUT2D eigenvalue weighted by Crippen LogP contribution is -2.36. The second-order valence-corrected chi connectivity index (χ2v) is 3.72. The molecule has 0 aliphatic heterocycles. The van der Waals surface area contributed by atoms with Crippen LogP contribution in [0, 0.1) is 0 Å². The highest BCUT2D eigenvalue weighted by Crippen LogP contribution is 2.15. The highest BCUT2D eigenvalue weighted by atomic mass is 16.1. The van der Waals surface area contributed by atoms with E-state index in [-0.39, 0.29) is 11.9 Å². The molecule has 1 rings (SSSR count). The number of amides is 1. The fraction of sp³-hybridized carbons (Fsp3) is 0.462. The fourth-order valence-corrected chi connectivity index (χ4v) is 1.59. The normalized spacial score (nSPS) is 12.1. The van der Waals surface area contributed by atoms with Gasteiger partial charge >= 0.3 is 0 Å². The minimum atomic E-state index is 0.0533. The van der Waals surface area contributed by atoms with Gasteiger partial charge < -0.3 is 10.6 Å². The lowest BCUT2D eigenvalue weighted by molar-refractivity contribution is -0.121. The molecule has 1 aromatic carbocycles. The molecular formula is C13H20N2O. The highest BCUT2D eigenvalue weighted by Gasteiger charge is 2.11. The van der Waals surface area contributed by atoms with Crippen LogP contribution in [0.1, 0.15) is 31.9 Å². The Kier molecular flexibility index (Phi) is 5.57. The average molecular weight is 220 g/mol. The van der Waals surface area contributed by atoms with E-state index in [0.717, 1.165) is 18.5 Å². The van der Waals surface area contributed by atoms with Gasteiger partial charge in [0.2, 0.25) is 5.91 Å². The van der Waals surface area contributed by atoms with Gasteiger partial charge in [0.05, 0.1) is 12.6 Å². The SMILES string of the molecule is CCNCC(=O)NC(CC)c1ccccc1. The maximum absolute atomic E-state index is 11.6. The van der Waals surface area contributed by atoms with Crippen LogP contribution in [0.4, 0.5) is 0 Å². The lowest BCUT2D eigenvalue weighted by Gasteiger charge is -2.17. The van der Waals surface area contributed by atoms with Crippen molar-refractivity contribution in [1.29, 1.82) is 0 Å². The van der Waals surface area contributed by atoms with Crippen molar-refractivity contribution >= 4 is 5.91 Å². The number of benzene rings is 1. The lowest BCUT2D eigenvalue weighted by atomic mass is 10.0. The first-order valence-electron chi connectivity index (χ1n) is 5.83. The van der Waals surface area contributed by atoms with Gasteiger partial charge in [-0.3, -0.25) is 4.79 Å². The van der Waals surface area contributed by atoms with Gasteiger partial charge in [0, 0.05) is 0 Å². The third-order valence-electron chi connectivity index (χ3n) is 2.48. The summed E-state index contributed by atoms with van der Waals surface area (Å²) >= 11 is 0. The predicted octanol–water partition coefficient (Wildman–Crippen LogP) is 1.86. The number of rotatable bonds is 6. The van der Waals surface area contributed by atoms with Crippen molar-refractivity contribution in [3.63, 3.8) is 0 Å². The molecule has 0 spiro atoms. The first kappa shape index (κ1) is 12.7. The number of hydrogen-bond acceptors (Lipinski definition) is 2. The smallest absolute Gasteiger partial charge is 0.234 e. The Hall–Kier alpha value is -1.35. The van der Waals surface area contributed by atoms with Gasteiger partial charge in [-0.05, 0) is 18.5 Å². The zero-order valence-electron chi connectivity index (χ0n) is 9.99. The predicted molar refractivity (Wildman–Crippen MR) is 66.2 cm³/mol. The molecule has 0 heterocycles. The molecule has 3 heteroatoms. The molecule has 1 atom stereocenters. The molecule has 0 fully saturated rings. The Bertz CT molecular complexity index is 311. The molecule has 0 aromatic heterocycles. The van der Waals surface area contributed by atoms with Gasteiger partial charge in [-0.1, -0.05) is 44.2 Å². The van der Waals surface area contributed by atoms with Gasteiger partial charge in [0.25, 0.3) is 0 Å². The largest absolute Gasteiger partial charge is 0.348 e. The van der Waals surface area contributed by atoms with Crippen molar-refractivity contribution < 1.29 is 4.79 Å². The van der Waals surface area contributed by atoms with Crippen LogP contribution in [-0.2, 0) is 4.79 Å². The van der Waals surface area contributed by atoms with Crippen LogP contribution in [0.15, 0.2) is 30.3 Å². The van der Waals surface area contributed by atoms with Gasteiger partial charge in [0.1, 0.15) is 0 Å². The van der Waals surface area contributed by atoms with Crippen LogP contribution >= 0.6 is 0 Å². The van der Waals surface area contributed by atoms with Crippen LogP contribution in [0.5, 0.6) is 0 Å². The summed E-state index contributed by atoms with van der Waals surface area (Å²) in [6.07, 6.45) is 0.905. The molecule has 16 heavy (non-hydrogen) atoms. The summed E-state index contributed by atoms with van der Waals surface area (Å²) in [5, 5.41) is 6.03. The van der Waals surface area contributed by atoms with Crippen LogP contribution in [0.2, 0.25) is 0 Å². The van der Waals surface area contributed by atoms with E-state index < -0.39 is 0 Å². The molecule has 1 aromatic rings. The molecule has 1 amide bonds. The van der Waals surface area contributed by atoms with E-state index in [1.54, 1.807) is 0 Å². The third kappa shape index (κ3) is 4.03. The van der Waals surface area contributed by atoms with Crippen LogP contribution in [0.25, 0.3) is 0 Å². The standard InChI is InChI=1S/C13H20N2O/c1-3-12(11-8-6-5-7-9-11)15-13(16)10-14-4-2/h5-9,12,14H,3-4,10H2,1-2H3,(H,15,16). The number of nitrogens with one attached hydrogen (secondary N) is 2. The summed E-state index contributed by atoms with van der Waals surface area (Å²) in [4.78, 5) is 11.6. The van der Waals surface area contributed by atoms with Crippen LogP contribution < -0.4 is 10.6 Å². The van der Waals surface area contributed by atoms with Crippen molar-refractivity contribution in [2.75, 3.05) is 13.1 Å². The minimum absolute atomic E-state index is 0.0533. The molecule has 0 aliphatic rings. The number of hydrogen-bond donors (Lipinski definition) is 2. The van der Waals surface area contributed by atoms with Crippen molar-refractivity contribution in [3.05, 3.63) is 35.9 Å². The van der Waals surface area contributed by atoms with Gasteiger partial charge in [-0.25, -0.2) is 0 Å². The Labute approximate surface area is 97.2 Å².